The standard InChI is InChI=1S/C16H24N2O3/c1-17-15-12-20-11-14(15)16(19)18(2)9-6-10-21-13-7-4-3-5-8-13/h3-5,7-8,14-15,17H,6,9-12H2,1-2H3. The lowest BCUT2D eigenvalue weighted by Gasteiger charge is -2.23. The van der Waals surface area contributed by atoms with Crippen LogP contribution in [0.2, 0.25) is 0 Å². The monoisotopic (exact) mass is 292 g/mol. The van der Waals surface area contributed by atoms with Crippen molar-refractivity contribution in [3.63, 3.8) is 0 Å². The minimum atomic E-state index is -0.0740. The lowest BCUT2D eigenvalue weighted by atomic mass is 10.0. The van der Waals surface area contributed by atoms with Gasteiger partial charge in [0.15, 0.2) is 0 Å². The topological polar surface area (TPSA) is 50.8 Å². The lowest BCUT2D eigenvalue weighted by Crippen LogP contribution is -2.43. The molecule has 1 saturated heterocycles. The van der Waals surface area contributed by atoms with Gasteiger partial charge in [0.1, 0.15) is 5.75 Å². The van der Waals surface area contributed by atoms with E-state index in [0.29, 0.717) is 26.4 Å². The third kappa shape index (κ3) is 4.44. The maximum absolute atomic E-state index is 12.3. The van der Waals surface area contributed by atoms with Crippen LogP contribution in [0.4, 0.5) is 0 Å². The molecule has 1 fully saturated rings. The molecule has 2 rings (SSSR count). The fraction of sp³-hybridized carbons (Fsp3) is 0.562. The Kier molecular flexibility index (Phi) is 6.02. The van der Waals surface area contributed by atoms with Crippen LogP contribution in [-0.4, -0.2) is 57.3 Å². The molecule has 1 aromatic carbocycles. The number of nitrogens with one attached hydrogen (secondary N) is 1. The third-order valence-corrected chi connectivity index (χ3v) is 3.79. The molecule has 1 amide bonds. The Hall–Kier alpha value is -1.59. The molecule has 0 aliphatic carbocycles. The Labute approximate surface area is 126 Å². The van der Waals surface area contributed by atoms with E-state index in [1.807, 2.05) is 44.4 Å². The molecule has 1 N–H and O–H groups in total. The van der Waals surface area contributed by atoms with E-state index in [1.54, 1.807) is 4.90 Å². The molecule has 21 heavy (non-hydrogen) atoms. The summed E-state index contributed by atoms with van der Waals surface area (Å²) in [6.45, 7) is 2.42. The van der Waals surface area contributed by atoms with Crippen molar-refractivity contribution in [1.82, 2.24) is 10.2 Å². The van der Waals surface area contributed by atoms with Crippen LogP contribution in [-0.2, 0) is 9.53 Å². The minimum absolute atomic E-state index is 0.0740. The van der Waals surface area contributed by atoms with Crippen LogP contribution in [0.1, 0.15) is 6.42 Å². The van der Waals surface area contributed by atoms with Crippen LogP contribution in [0.5, 0.6) is 5.75 Å². The molecule has 0 bridgehead atoms. The van der Waals surface area contributed by atoms with Crippen molar-refractivity contribution < 1.29 is 14.3 Å². The van der Waals surface area contributed by atoms with Gasteiger partial charge < -0.3 is 19.7 Å². The zero-order valence-corrected chi connectivity index (χ0v) is 12.7. The van der Waals surface area contributed by atoms with Crippen LogP contribution in [0.15, 0.2) is 30.3 Å². The second-order valence-electron chi connectivity index (χ2n) is 5.31. The van der Waals surface area contributed by atoms with Crippen molar-refractivity contribution in [2.75, 3.05) is 40.5 Å². The highest BCUT2D eigenvalue weighted by Gasteiger charge is 2.34. The predicted octanol–water partition coefficient (Wildman–Crippen LogP) is 1.15. The Morgan fingerprint density at radius 1 is 1.38 bits per heavy atom. The van der Waals surface area contributed by atoms with Crippen LogP contribution in [0, 0.1) is 5.92 Å². The molecule has 1 aromatic rings. The number of hydrogen-bond acceptors (Lipinski definition) is 4. The van der Waals surface area contributed by atoms with Gasteiger partial charge in [-0.3, -0.25) is 4.79 Å². The van der Waals surface area contributed by atoms with Gasteiger partial charge in [-0.2, -0.15) is 0 Å². The van der Waals surface area contributed by atoms with Gasteiger partial charge in [0.25, 0.3) is 0 Å². The summed E-state index contributed by atoms with van der Waals surface area (Å²) in [5.74, 6) is 0.938. The molecule has 0 spiro atoms. The smallest absolute Gasteiger partial charge is 0.229 e. The zero-order valence-electron chi connectivity index (χ0n) is 12.7. The molecule has 2 atom stereocenters. The Morgan fingerprint density at radius 2 is 2.14 bits per heavy atom. The summed E-state index contributed by atoms with van der Waals surface area (Å²) in [4.78, 5) is 14.1. The first-order chi connectivity index (χ1) is 10.2. The van der Waals surface area contributed by atoms with Gasteiger partial charge in [0.05, 0.1) is 25.7 Å². The Morgan fingerprint density at radius 3 is 2.86 bits per heavy atom. The van der Waals surface area contributed by atoms with Crippen molar-refractivity contribution in [3.05, 3.63) is 30.3 Å². The van der Waals surface area contributed by atoms with Crippen LogP contribution in [0.3, 0.4) is 0 Å². The van der Waals surface area contributed by atoms with Crippen LogP contribution < -0.4 is 10.1 Å². The Bertz CT molecular complexity index is 438. The number of carbonyl (C=O) groups excluding carboxylic acids is 1. The van der Waals surface area contributed by atoms with E-state index in [-0.39, 0.29) is 17.9 Å². The third-order valence-electron chi connectivity index (χ3n) is 3.79. The normalized spacial score (nSPS) is 21.2. The van der Waals surface area contributed by atoms with Gasteiger partial charge in [-0.15, -0.1) is 0 Å². The number of amides is 1. The van der Waals surface area contributed by atoms with Crippen LogP contribution >= 0.6 is 0 Å². The van der Waals surface area contributed by atoms with Crippen molar-refractivity contribution in [1.29, 1.82) is 0 Å². The molecule has 1 heterocycles. The molecule has 0 saturated carbocycles. The fourth-order valence-electron chi connectivity index (χ4n) is 2.48. The van der Waals surface area contributed by atoms with Gasteiger partial charge in [0, 0.05) is 19.6 Å². The summed E-state index contributed by atoms with van der Waals surface area (Å²) in [5, 5.41) is 3.14. The van der Waals surface area contributed by atoms with E-state index in [4.69, 9.17) is 9.47 Å². The van der Waals surface area contributed by atoms with E-state index in [2.05, 4.69) is 5.32 Å². The largest absolute Gasteiger partial charge is 0.494 e. The molecular weight excluding hydrogens is 268 g/mol. The van der Waals surface area contributed by atoms with Crippen molar-refractivity contribution in [3.8, 4) is 5.75 Å². The molecule has 116 valence electrons. The van der Waals surface area contributed by atoms with Gasteiger partial charge in [-0.05, 0) is 25.6 Å². The van der Waals surface area contributed by atoms with Crippen molar-refractivity contribution in [2.45, 2.75) is 12.5 Å². The maximum atomic E-state index is 12.3. The molecule has 5 heteroatoms. The molecule has 5 nitrogen and oxygen atoms in total. The van der Waals surface area contributed by atoms with Gasteiger partial charge in [0.2, 0.25) is 5.91 Å². The van der Waals surface area contributed by atoms with Crippen molar-refractivity contribution in [2.24, 2.45) is 5.92 Å². The molecule has 1 aliphatic heterocycles. The predicted molar refractivity (Wildman–Crippen MR) is 81.3 cm³/mol. The van der Waals surface area contributed by atoms with Crippen LogP contribution in [0.25, 0.3) is 0 Å². The first-order valence-electron chi connectivity index (χ1n) is 7.40. The van der Waals surface area contributed by atoms with E-state index in [0.717, 1.165) is 12.2 Å². The fourth-order valence-corrected chi connectivity index (χ4v) is 2.48. The number of para-hydroxylation sites is 1. The van der Waals surface area contributed by atoms with E-state index >= 15 is 0 Å². The van der Waals surface area contributed by atoms with Crippen molar-refractivity contribution >= 4 is 5.91 Å². The van der Waals surface area contributed by atoms with E-state index in [9.17, 15) is 4.79 Å². The molecule has 1 aliphatic rings. The average Bonchev–Trinajstić information content (AvgIpc) is 3.00. The highest BCUT2D eigenvalue weighted by atomic mass is 16.5. The number of ether oxygens (including phenoxy) is 2. The molecule has 2 unspecified atom stereocenters. The van der Waals surface area contributed by atoms with Gasteiger partial charge >= 0.3 is 0 Å². The number of rotatable bonds is 7. The number of hydrogen-bond donors (Lipinski definition) is 1. The van der Waals surface area contributed by atoms with E-state index < -0.39 is 0 Å². The molecule has 0 radical (unpaired) electrons. The number of benzene rings is 1. The zero-order chi connectivity index (χ0) is 15.1. The minimum Gasteiger partial charge on any atom is -0.494 e. The number of nitrogens with zero attached hydrogens (tertiary/aromatic N) is 1. The first kappa shape index (κ1) is 15.8. The average molecular weight is 292 g/mol. The second-order valence-corrected chi connectivity index (χ2v) is 5.31. The van der Waals surface area contributed by atoms with E-state index in [1.165, 1.54) is 0 Å². The number of carbonyl (C=O) groups is 1. The SMILES string of the molecule is CNC1COCC1C(=O)N(C)CCCOc1ccccc1. The lowest BCUT2D eigenvalue weighted by molar-refractivity contribution is -0.134. The maximum Gasteiger partial charge on any atom is 0.229 e. The highest BCUT2D eigenvalue weighted by Crippen LogP contribution is 2.16. The first-order valence-corrected chi connectivity index (χ1v) is 7.40. The number of likely N-dealkylation sites (N-methyl/N-ethyl adjacent to an activating group) is 1. The summed E-state index contributed by atoms with van der Waals surface area (Å²) in [7, 11) is 3.71. The summed E-state index contributed by atoms with van der Waals surface area (Å²) in [6.07, 6.45) is 0.814. The quantitative estimate of drug-likeness (QED) is 0.766. The molecular formula is C16H24N2O3. The van der Waals surface area contributed by atoms with Gasteiger partial charge in [-0.25, -0.2) is 0 Å². The second kappa shape index (κ2) is 8.00. The molecule has 0 aromatic heterocycles. The summed E-state index contributed by atoms with van der Waals surface area (Å²) < 4.78 is 11.0. The summed E-state index contributed by atoms with van der Waals surface area (Å²) in [5.41, 5.74) is 0. The summed E-state index contributed by atoms with van der Waals surface area (Å²) >= 11 is 0. The van der Waals surface area contributed by atoms with Gasteiger partial charge in [-0.1, -0.05) is 18.2 Å². The summed E-state index contributed by atoms with van der Waals surface area (Å²) in [6, 6.07) is 9.85. The highest BCUT2D eigenvalue weighted by molar-refractivity contribution is 5.79. The Balaban J connectivity index is 1.69.